The van der Waals surface area contributed by atoms with E-state index in [0.29, 0.717) is 5.69 Å². The number of nitrogens with one attached hydrogen (secondary N) is 2. The number of hydrogen-bond donors (Lipinski definition) is 3. The number of hydrogen-bond acceptors (Lipinski definition) is 2. The van der Waals surface area contributed by atoms with Crippen molar-refractivity contribution in [2.24, 2.45) is 7.05 Å². The minimum Gasteiger partial charge on any atom is -0.385 e. The third-order valence-electron chi connectivity index (χ3n) is 3.26. The fourth-order valence-corrected chi connectivity index (χ4v) is 2.12. The molecule has 0 fully saturated rings. The van der Waals surface area contributed by atoms with Gasteiger partial charge in [0.25, 0.3) is 0 Å². The number of alkyl halides is 3. The molecular formula is C15H16F3N3O2. The Morgan fingerprint density at radius 2 is 1.96 bits per heavy atom. The van der Waals surface area contributed by atoms with Gasteiger partial charge in [-0.1, -0.05) is 12.1 Å². The molecule has 0 saturated heterocycles. The average molecular weight is 327 g/mol. The number of benzene rings is 1. The van der Waals surface area contributed by atoms with Crippen molar-refractivity contribution in [3.05, 3.63) is 53.9 Å². The first-order valence-electron chi connectivity index (χ1n) is 6.79. The molecule has 1 aromatic heterocycles. The number of aryl methyl sites for hydroxylation is 1. The van der Waals surface area contributed by atoms with Gasteiger partial charge in [0, 0.05) is 18.9 Å². The van der Waals surface area contributed by atoms with Crippen LogP contribution in [-0.4, -0.2) is 22.2 Å². The average Bonchev–Trinajstić information content (AvgIpc) is 2.90. The zero-order valence-electron chi connectivity index (χ0n) is 12.3. The van der Waals surface area contributed by atoms with E-state index in [1.165, 1.54) is 12.1 Å². The van der Waals surface area contributed by atoms with Gasteiger partial charge in [-0.05, 0) is 24.3 Å². The number of aliphatic hydroxyl groups is 1. The molecule has 1 aromatic carbocycles. The van der Waals surface area contributed by atoms with Crippen molar-refractivity contribution in [2.45, 2.75) is 12.3 Å². The van der Waals surface area contributed by atoms with Crippen LogP contribution < -0.4 is 10.6 Å². The lowest BCUT2D eigenvalue weighted by atomic mass is 10.1. The zero-order valence-corrected chi connectivity index (χ0v) is 12.3. The summed E-state index contributed by atoms with van der Waals surface area (Å²) in [5.74, 6) is 0. The molecule has 5 nitrogen and oxygen atoms in total. The van der Waals surface area contributed by atoms with Crippen molar-refractivity contribution in [1.29, 1.82) is 0 Å². The van der Waals surface area contributed by atoms with Gasteiger partial charge in [0.05, 0.1) is 17.8 Å². The van der Waals surface area contributed by atoms with Crippen molar-refractivity contribution in [3.8, 4) is 0 Å². The van der Waals surface area contributed by atoms with Crippen molar-refractivity contribution in [1.82, 2.24) is 9.88 Å². The number of anilines is 1. The normalized spacial score (nSPS) is 12.7. The molecule has 1 atom stereocenters. The summed E-state index contributed by atoms with van der Waals surface area (Å²) < 4.78 is 40.2. The molecule has 8 heteroatoms. The van der Waals surface area contributed by atoms with Gasteiger partial charge >= 0.3 is 12.2 Å². The summed E-state index contributed by atoms with van der Waals surface area (Å²) in [7, 11) is 1.73. The number of aromatic nitrogens is 1. The van der Waals surface area contributed by atoms with E-state index in [9.17, 15) is 23.1 Å². The second kappa shape index (κ2) is 6.74. The number of rotatable bonds is 4. The Kier molecular flexibility index (Phi) is 4.95. The Balaban J connectivity index is 1.97. The number of carbonyl (C=O) groups excluding carboxylic acids is 1. The molecule has 0 radical (unpaired) electrons. The van der Waals surface area contributed by atoms with Gasteiger partial charge in [-0.2, -0.15) is 13.2 Å². The largest absolute Gasteiger partial charge is 0.418 e. The summed E-state index contributed by atoms with van der Waals surface area (Å²) in [5.41, 5.74) is -0.690. The Labute approximate surface area is 130 Å². The first-order chi connectivity index (χ1) is 10.8. The van der Waals surface area contributed by atoms with Gasteiger partial charge in [0.15, 0.2) is 0 Å². The standard InChI is InChI=1S/C15H16F3N3O2/c1-21-8-4-7-12(21)13(22)9-19-14(23)20-11-6-3-2-5-10(11)15(16,17)18/h2-8,13,22H,9H2,1H3,(H2,19,20,23). The maximum absolute atomic E-state index is 12.8. The van der Waals surface area contributed by atoms with Crippen LogP contribution in [0.3, 0.4) is 0 Å². The molecule has 0 spiro atoms. The lowest BCUT2D eigenvalue weighted by Gasteiger charge is -2.16. The van der Waals surface area contributed by atoms with E-state index in [2.05, 4.69) is 10.6 Å². The van der Waals surface area contributed by atoms with Crippen LogP contribution in [0.15, 0.2) is 42.6 Å². The zero-order chi connectivity index (χ0) is 17.0. The number of aliphatic hydroxyl groups excluding tert-OH is 1. The third kappa shape index (κ3) is 4.26. The quantitative estimate of drug-likeness (QED) is 0.808. The van der Waals surface area contributed by atoms with Crippen molar-refractivity contribution in [2.75, 3.05) is 11.9 Å². The molecule has 2 amide bonds. The molecule has 124 valence electrons. The summed E-state index contributed by atoms with van der Waals surface area (Å²) in [6, 6.07) is 7.27. The topological polar surface area (TPSA) is 66.3 Å². The van der Waals surface area contributed by atoms with Crippen LogP contribution in [-0.2, 0) is 13.2 Å². The van der Waals surface area contributed by atoms with Gasteiger partial charge < -0.3 is 20.3 Å². The first-order valence-corrected chi connectivity index (χ1v) is 6.79. The fourth-order valence-electron chi connectivity index (χ4n) is 2.12. The maximum Gasteiger partial charge on any atom is 0.418 e. The van der Waals surface area contributed by atoms with Crippen molar-refractivity contribution >= 4 is 11.7 Å². The van der Waals surface area contributed by atoms with Crippen LogP contribution in [0.1, 0.15) is 17.4 Å². The molecule has 1 heterocycles. The highest BCUT2D eigenvalue weighted by atomic mass is 19.4. The molecule has 2 aromatic rings. The van der Waals surface area contributed by atoms with Crippen molar-refractivity contribution in [3.63, 3.8) is 0 Å². The lowest BCUT2D eigenvalue weighted by Crippen LogP contribution is -2.33. The van der Waals surface area contributed by atoms with Gasteiger partial charge in [0.2, 0.25) is 0 Å². The van der Waals surface area contributed by atoms with E-state index in [1.807, 2.05) is 0 Å². The summed E-state index contributed by atoms with van der Waals surface area (Å²) in [6.45, 7) is -0.127. The van der Waals surface area contributed by atoms with Crippen LogP contribution in [0.5, 0.6) is 0 Å². The lowest BCUT2D eigenvalue weighted by molar-refractivity contribution is -0.136. The summed E-state index contributed by atoms with van der Waals surface area (Å²) in [4.78, 5) is 11.7. The van der Waals surface area contributed by atoms with E-state index in [1.54, 1.807) is 29.9 Å². The number of carbonyl (C=O) groups is 1. The van der Waals surface area contributed by atoms with Crippen LogP contribution in [0.2, 0.25) is 0 Å². The number of urea groups is 1. The molecule has 3 N–H and O–H groups in total. The van der Waals surface area contributed by atoms with Gasteiger partial charge in [-0.15, -0.1) is 0 Å². The van der Waals surface area contributed by atoms with Gasteiger partial charge in [-0.3, -0.25) is 0 Å². The van der Waals surface area contributed by atoms with E-state index in [0.717, 1.165) is 12.1 Å². The van der Waals surface area contributed by atoms with Gasteiger partial charge in [0.1, 0.15) is 6.10 Å². The highest BCUT2D eigenvalue weighted by molar-refractivity contribution is 5.90. The van der Waals surface area contributed by atoms with E-state index in [4.69, 9.17) is 0 Å². The Bertz CT molecular complexity index is 683. The van der Waals surface area contributed by atoms with Crippen LogP contribution in [0.4, 0.5) is 23.7 Å². The Morgan fingerprint density at radius 3 is 2.57 bits per heavy atom. The monoisotopic (exact) mass is 327 g/mol. The molecule has 2 rings (SSSR count). The van der Waals surface area contributed by atoms with Gasteiger partial charge in [-0.25, -0.2) is 4.79 Å². The Morgan fingerprint density at radius 1 is 1.26 bits per heavy atom. The molecule has 0 aliphatic carbocycles. The van der Waals surface area contributed by atoms with E-state index in [-0.39, 0.29) is 12.2 Å². The third-order valence-corrected chi connectivity index (χ3v) is 3.26. The van der Waals surface area contributed by atoms with Crippen molar-refractivity contribution < 1.29 is 23.1 Å². The second-order valence-electron chi connectivity index (χ2n) is 4.94. The predicted molar refractivity (Wildman–Crippen MR) is 78.8 cm³/mol. The fraction of sp³-hybridized carbons (Fsp3) is 0.267. The molecule has 0 aliphatic heterocycles. The second-order valence-corrected chi connectivity index (χ2v) is 4.94. The van der Waals surface area contributed by atoms with Crippen LogP contribution >= 0.6 is 0 Å². The number of nitrogens with zero attached hydrogens (tertiary/aromatic N) is 1. The molecule has 23 heavy (non-hydrogen) atoms. The summed E-state index contributed by atoms with van der Waals surface area (Å²) in [5, 5.41) is 14.4. The molecule has 0 bridgehead atoms. The summed E-state index contributed by atoms with van der Waals surface area (Å²) in [6.07, 6.45) is -3.79. The highest BCUT2D eigenvalue weighted by Gasteiger charge is 2.33. The number of halogens is 3. The number of amides is 2. The van der Waals surface area contributed by atoms with Crippen LogP contribution in [0, 0.1) is 0 Å². The molecule has 0 saturated carbocycles. The molecule has 1 unspecified atom stereocenters. The summed E-state index contributed by atoms with van der Waals surface area (Å²) >= 11 is 0. The van der Waals surface area contributed by atoms with E-state index < -0.39 is 23.9 Å². The molecular weight excluding hydrogens is 311 g/mol. The smallest absolute Gasteiger partial charge is 0.385 e. The Hall–Kier alpha value is -2.48. The minimum atomic E-state index is -4.56. The highest BCUT2D eigenvalue weighted by Crippen LogP contribution is 2.34. The maximum atomic E-state index is 12.8. The predicted octanol–water partition coefficient (Wildman–Crippen LogP) is 2.90. The first kappa shape index (κ1) is 16.9. The minimum absolute atomic E-state index is 0.127. The van der Waals surface area contributed by atoms with E-state index >= 15 is 0 Å². The molecule has 0 aliphatic rings. The SMILES string of the molecule is Cn1cccc1C(O)CNC(=O)Nc1ccccc1C(F)(F)F. The number of para-hydroxylation sites is 1. The van der Waals surface area contributed by atoms with Crippen LogP contribution in [0.25, 0.3) is 0 Å².